The lowest BCUT2D eigenvalue weighted by Crippen LogP contribution is -2.46. The van der Waals surface area contributed by atoms with Gasteiger partial charge in [0, 0.05) is 0 Å². The fraction of sp³-hybridized carbons (Fsp3) is 0.625. The van der Waals surface area contributed by atoms with Gasteiger partial charge in [-0.3, -0.25) is 4.18 Å². The third-order valence-corrected chi connectivity index (χ3v) is 6.31. The normalized spacial score (nSPS) is 32.3. The van der Waals surface area contributed by atoms with Crippen LogP contribution in [0.3, 0.4) is 0 Å². The maximum Gasteiger partial charge on any atom is 0.296 e. The molecule has 0 amide bonds. The van der Waals surface area contributed by atoms with Crippen molar-refractivity contribution in [1.82, 2.24) is 0 Å². The van der Waals surface area contributed by atoms with Crippen LogP contribution < -0.4 is 0 Å². The van der Waals surface area contributed by atoms with Crippen LogP contribution in [0.1, 0.15) is 37.7 Å². The van der Waals surface area contributed by atoms with Gasteiger partial charge < -0.3 is 5.11 Å². The SMILES string of the molecule is Cc1ccc(S(=O)(=O)OC[C@H]2CC3(O)CCC2CC3)cc1. The van der Waals surface area contributed by atoms with Gasteiger partial charge in [-0.2, -0.15) is 8.42 Å². The average Bonchev–Trinajstić information content (AvgIpc) is 2.46. The number of rotatable bonds is 4. The molecule has 0 aromatic heterocycles. The summed E-state index contributed by atoms with van der Waals surface area (Å²) in [5, 5.41) is 10.4. The number of aryl methyl sites for hydroxylation is 1. The fourth-order valence-corrected chi connectivity index (χ4v) is 4.61. The standard InChI is InChI=1S/C16H22O4S/c1-12-2-4-15(5-3-12)21(18,19)20-11-14-10-16(17)8-6-13(14)7-9-16/h2-5,13-14,17H,6-11H2,1H3/t13?,14-,16?/m1/s1. The van der Waals surface area contributed by atoms with Gasteiger partial charge in [-0.25, -0.2) is 0 Å². The molecule has 0 heterocycles. The Kier molecular flexibility index (Phi) is 3.84. The second-order valence-electron chi connectivity index (χ2n) is 6.58. The van der Waals surface area contributed by atoms with Crippen LogP contribution in [0.15, 0.2) is 29.2 Å². The number of fused-ring (bicyclic) bond motifs is 3. The summed E-state index contributed by atoms with van der Waals surface area (Å²) in [5.74, 6) is 0.643. The first-order chi connectivity index (χ1) is 9.88. The van der Waals surface area contributed by atoms with Crippen LogP contribution in [-0.2, 0) is 14.3 Å². The molecule has 1 aromatic carbocycles. The van der Waals surface area contributed by atoms with E-state index < -0.39 is 15.7 Å². The molecule has 0 spiro atoms. The first-order valence-electron chi connectivity index (χ1n) is 7.56. The number of hydrogen-bond donors (Lipinski definition) is 1. The van der Waals surface area contributed by atoms with E-state index in [1.807, 2.05) is 6.92 Å². The lowest BCUT2D eigenvalue weighted by atomic mass is 9.62. The van der Waals surface area contributed by atoms with Gasteiger partial charge in [0.15, 0.2) is 0 Å². The largest absolute Gasteiger partial charge is 0.390 e. The van der Waals surface area contributed by atoms with Crippen molar-refractivity contribution in [2.45, 2.75) is 49.5 Å². The molecule has 1 aromatic rings. The quantitative estimate of drug-likeness (QED) is 0.868. The summed E-state index contributed by atoms with van der Waals surface area (Å²) in [4.78, 5) is 0.202. The minimum absolute atomic E-state index is 0.151. The van der Waals surface area contributed by atoms with E-state index in [1.54, 1.807) is 24.3 Å². The number of hydrogen-bond acceptors (Lipinski definition) is 4. The molecular formula is C16H22O4S. The van der Waals surface area contributed by atoms with Crippen LogP contribution in [-0.4, -0.2) is 25.7 Å². The van der Waals surface area contributed by atoms with Gasteiger partial charge in [-0.1, -0.05) is 17.7 Å². The van der Waals surface area contributed by atoms with Crippen molar-refractivity contribution in [3.63, 3.8) is 0 Å². The predicted octanol–water partition coefficient (Wildman–Crippen LogP) is 2.64. The molecule has 3 aliphatic rings. The van der Waals surface area contributed by atoms with Crippen LogP contribution in [0.2, 0.25) is 0 Å². The van der Waals surface area contributed by atoms with Crippen LogP contribution in [0.4, 0.5) is 0 Å². The van der Waals surface area contributed by atoms with Gasteiger partial charge in [0.2, 0.25) is 0 Å². The highest BCUT2D eigenvalue weighted by atomic mass is 32.2. The maximum absolute atomic E-state index is 12.2. The van der Waals surface area contributed by atoms with E-state index in [9.17, 15) is 13.5 Å². The lowest BCUT2D eigenvalue weighted by molar-refractivity contribution is -0.0911. The molecule has 0 saturated heterocycles. The van der Waals surface area contributed by atoms with Crippen LogP contribution >= 0.6 is 0 Å². The Morgan fingerprint density at radius 2 is 1.86 bits per heavy atom. The first kappa shape index (κ1) is 15.0. The minimum atomic E-state index is -3.69. The fourth-order valence-electron chi connectivity index (χ4n) is 3.65. The predicted molar refractivity (Wildman–Crippen MR) is 79.3 cm³/mol. The maximum atomic E-state index is 12.2. The zero-order valence-corrected chi connectivity index (χ0v) is 13.1. The van der Waals surface area contributed by atoms with E-state index in [-0.39, 0.29) is 17.4 Å². The second kappa shape index (κ2) is 5.38. The second-order valence-corrected chi connectivity index (χ2v) is 8.19. The van der Waals surface area contributed by atoms with E-state index >= 15 is 0 Å². The van der Waals surface area contributed by atoms with E-state index in [1.165, 1.54) is 0 Å². The molecule has 0 aliphatic heterocycles. The molecular weight excluding hydrogens is 288 g/mol. The monoisotopic (exact) mass is 310 g/mol. The molecule has 21 heavy (non-hydrogen) atoms. The van der Waals surface area contributed by atoms with E-state index in [0.29, 0.717) is 12.3 Å². The Bertz CT molecular complexity index is 598. The molecule has 5 heteroatoms. The highest BCUT2D eigenvalue weighted by Gasteiger charge is 2.44. The van der Waals surface area contributed by atoms with Crippen LogP contribution in [0.25, 0.3) is 0 Å². The molecule has 2 bridgehead atoms. The average molecular weight is 310 g/mol. The van der Waals surface area contributed by atoms with Crippen LogP contribution in [0.5, 0.6) is 0 Å². The highest BCUT2D eigenvalue weighted by molar-refractivity contribution is 7.86. The summed E-state index contributed by atoms with van der Waals surface area (Å²) >= 11 is 0. The van der Waals surface area contributed by atoms with Crippen LogP contribution in [0, 0.1) is 18.8 Å². The first-order valence-corrected chi connectivity index (χ1v) is 8.97. The van der Waals surface area contributed by atoms with Gasteiger partial charge in [-0.05, 0) is 63.0 Å². The van der Waals surface area contributed by atoms with Crippen molar-refractivity contribution in [1.29, 1.82) is 0 Å². The summed E-state index contributed by atoms with van der Waals surface area (Å²) in [6, 6.07) is 6.68. The topological polar surface area (TPSA) is 63.6 Å². The van der Waals surface area contributed by atoms with Gasteiger partial charge in [-0.15, -0.1) is 0 Å². The Hall–Kier alpha value is -0.910. The molecule has 3 aliphatic carbocycles. The molecule has 3 fully saturated rings. The highest BCUT2D eigenvalue weighted by Crippen LogP contribution is 2.47. The van der Waals surface area contributed by atoms with E-state index in [0.717, 1.165) is 31.2 Å². The Balaban J connectivity index is 1.66. The third-order valence-electron chi connectivity index (χ3n) is 5.02. The van der Waals surface area contributed by atoms with Crippen molar-refractivity contribution >= 4 is 10.1 Å². The van der Waals surface area contributed by atoms with Crippen molar-refractivity contribution in [3.05, 3.63) is 29.8 Å². The molecule has 4 nitrogen and oxygen atoms in total. The van der Waals surface area contributed by atoms with Crippen molar-refractivity contribution in [3.8, 4) is 0 Å². The summed E-state index contributed by atoms with van der Waals surface area (Å²) in [7, 11) is -3.69. The summed E-state index contributed by atoms with van der Waals surface area (Å²) in [6.07, 6.45) is 4.32. The Morgan fingerprint density at radius 3 is 2.43 bits per heavy atom. The number of aliphatic hydroxyl groups is 1. The zero-order chi connectivity index (χ0) is 15.1. The third kappa shape index (κ3) is 3.15. The van der Waals surface area contributed by atoms with Crippen molar-refractivity contribution in [2.75, 3.05) is 6.61 Å². The number of benzene rings is 1. The van der Waals surface area contributed by atoms with Crippen molar-refractivity contribution < 1.29 is 17.7 Å². The lowest BCUT2D eigenvalue weighted by Gasteiger charge is -2.47. The smallest absolute Gasteiger partial charge is 0.296 e. The van der Waals surface area contributed by atoms with Gasteiger partial charge in [0.05, 0.1) is 17.1 Å². The molecule has 116 valence electrons. The Morgan fingerprint density at radius 1 is 1.24 bits per heavy atom. The van der Waals surface area contributed by atoms with Gasteiger partial charge in [0.1, 0.15) is 0 Å². The zero-order valence-electron chi connectivity index (χ0n) is 12.3. The van der Waals surface area contributed by atoms with Gasteiger partial charge >= 0.3 is 0 Å². The molecule has 4 rings (SSSR count). The van der Waals surface area contributed by atoms with E-state index in [4.69, 9.17) is 4.18 Å². The molecule has 1 atom stereocenters. The summed E-state index contributed by atoms with van der Waals surface area (Å²) < 4.78 is 29.6. The molecule has 0 radical (unpaired) electrons. The molecule has 3 saturated carbocycles. The van der Waals surface area contributed by atoms with E-state index in [2.05, 4.69) is 0 Å². The van der Waals surface area contributed by atoms with Crippen molar-refractivity contribution in [2.24, 2.45) is 11.8 Å². The summed E-state index contributed by atoms with van der Waals surface area (Å²) in [6.45, 7) is 2.10. The van der Waals surface area contributed by atoms with Gasteiger partial charge in [0.25, 0.3) is 10.1 Å². The molecule has 1 N–H and O–H groups in total. The summed E-state index contributed by atoms with van der Waals surface area (Å²) in [5.41, 5.74) is 0.428. The minimum Gasteiger partial charge on any atom is -0.390 e. The molecule has 0 unspecified atom stereocenters. The Labute approximate surface area is 126 Å².